The molecule has 1 fully saturated rings. The summed E-state index contributed by atoms with van der Waals surface area (Å²) in [6, 6.07) is 7.19. The Morgan fingerprint density at radius 2 is 2.00 bits per heavy atom. The molecule has 7 heteroatoms. The summed E-state index contributed by atoms with van der Waals surface area (Å²) in [5.41, 5.74) is 2.21. The first-order valence-corrected chi connectivity index (χ1v) is 9.09. The second kappa shape index (κ2) is 5.98. The van der Waals surface area contributed by atoms with E-state index in [0.29, 0.717) is 31.0 Å². The first kappa shape index (κ1) is 15.5. The Bertz CT molecular complexity index is 657. The highest BCUT2D eigenvalue weighted by molar-refractivity contribution is 7.89. The Hall–Kier alpha value is -1.44. The second-order valence-electron chi connectivity index (χ2n) is 6.02. The predicted octanol–water partition coefficient (Wildman–Crippen LogP) is 1.00. The molecule has 6 nitrogen and oxygen atoms in total. The molecule has 0 radical (unpaired) electrons. The van der Waals surface area contributed by atoms with Crippen LogP contribution in [0.3, 0.4) is 0 Å². The minimum absolute atomic E-state index is 0.0852. The van der Waals surface area contributed by atoms with E-state index in [9.17, 15) is 18.4 Å². The van der Waals surface area contributed by atoms with E-state index >= 15 is 0 Å². The van der Waals surface area contributed by atoms with E-state index < -0.39 is 16.1 Å². The highest BCUT2D eigenvalue weighted by Gasteiger charge is 2.40. The molecule has 1 atom stereocenters. The van der Waals surface area contributed by atoms with Gasteiger partial charge in [-0.1, -0.05) is 24.3 Å². The lowest BCUT2D eigenvalue weighted by Crippen LogP contribution is -2.45. The first-order chi connectivity index (χ1) is 10.5. The molecule has 0 saturated heterocycles. The van der Waals surface area contributed by atoms with E-state index in [1.807, 2.05) is 24.3 Å². The molecule has 1 aromatic rings. The van der Waals surface area contributed by atoms with Crippen molar-refractivity contribution in [3.05, 3.63) is 35.4 Å². The average molecular weight is 324 g/mol. The number of hydrogen-bond donors (Lipinski definition) is 1. The first-order valence-electron chi connectivity index (χ1n) is 7.48. The maximum atomic E-state index is 12.6. The molecule has 0 aromatic heterocycles. The number of sulfonamides is 1. The van der Waals surface area contributed by atoms with Crippen LogP contribution in [0.25, 0.3) is 0 Å². The number of benzene rings is 1. The quantitative estimate of drug-likeness (QED) is 0.481. The standard InChI is InChI=1S/C15H20N2O4S/c18-11-17(19)15(13-5-6-13)10-22(20,21)16-8-7-12-3-1-2-4-14(12)9-16/h1-4,11,13,15,19H,5-10H2. The van der Waals surface area contributed by atoms with Gasteiger partial charge in [-0.2, -0.15) is 4.31 Å². The molecule has 22 heavy (non-hydrogen) atoms. The van der Waals surface area contributed by atoms with Gasteiger partial charge in [0, 0.05) is 13.1 Å². The van der Waals surface area contributed by atoms with Crippen molar-refractivity contribution >= 4 is 16.4 Å². The number of rotatable bonds is 6. The Kier molecular flexibility index (Phi) is 4.20. The summed E-state index contributed by atoms with van der Waals surface area (Å²) < 4.78 is 26.7. The zero-order valence-electron chi connectivity index (χ0n) is 12.3. The molecule has 0 bridgehead atoms. The lowest BCUT2D eigenvalue weighted by Gasteiger charge is -2.30. The largest absolute Gasteiger partial charge is 0.286 e. The van der Waals surface area contributed by atoms with Crippen LogP contribution < -0.4 is 0 Å². The van der Waals surface area contributed by atoms with E-state index in [4.69, 9.17) is 0 Å². The van der Waals surface area contributed by atoms with Crippen LogP contribution in [0.15, 0.2) is 24.3 Å². The summed E-state index contributed by atoms with van der Waals surface area (Å²) >= 11 is 0. The summed E-state index contributed by atoms with van der Waals surface area (Å²) in [6.45, 7) is 0.811. The van der Waals surface area contributed by atoms with Crippen molar-refractivity contribution in [1.82, 2.24) is 9.37 Å². The number of amides is 1. The van der Waals surface area contributed by atoms with Crippen molar-refractivity contribution in [2.45, 2.75) is 31.8 Å². The van der Waals surface area contributed by atoms with E-state index in [1.165, 1.54) is 9.87 Å². The molecular formula is C15H20N2O4S. The van der Waals surface area contributed by atoms with Crippen molar-refractivity contribution in [2.24, 2.45) is 5.92 Å². The average Bonchev–Trinajstić information content (AvgIpc) is 3.36. The molecule has 3 rings (SSSR count). The fraction of sp³-hybridized carbons (Fsp3) is 0.533. The summed E-state index contributed by atoms with van der Waals surface area (Å²) in [6.07, 6.45) is 2.70. The van der Waals surface area contributed by atoms with Crippen molar-refractivity contribution in [1.29, 1.82) is 0 Å². The van der Waals surface area contributed by atoms with Crippen LogP contribution in [0.4, 0.5) is 0 Å². The van der Waals surface area contributed by atoms with Crippen molar-refractivity contribution in [3.63, 3.8) is 0 Å². The van der Waals surface area contributed by atoms with Gasteiger partial charge in [0.15, 0.2) is 0 Å². The monoisotopic (exact) mass is 324 g/mol. The fourth-order valence-corrected chi connectivity index (χ4v) is 4.79. The molecule has 120 valence electrons. The topological polar surface area (TPSA) is 77.9 Å². The number of carbonyl (C=O) groups is 1. The SMILES string of the molecule is O=CN(O)C(CS(=O)(=O)N1CCc2ccccc2C1)C1CC1. The van der Waals surface area contributed by atoms with Gasteiger partial charge in [-0.15, -0.1) is 0 Å². The smallest absolute Gasteiger partial charge is 0.233 e. The maximum absolute atomic E-state index is 12.6. The van der Waals surface area contributed by atoms with Crippen molar-refractivity contribution in [2.75, 3.05) is 12.3 Å². The molecule has 1 heterocycles. The molecule has 1 unspecified atom stereocenters. The van der Waals surface area contributed by atoms with Crippen LogP contribution in [-0.2, 0) is 27.8 Å². The van der Waals surface area contributed by atoms with Crippen molar-refractivity contribution in [3.8, 4) is 0 Å². The molecule has 1 aromatic carbocycles. The number of carbonyl (C=O) groups excluding carboxylic acids is 1. The third-order valence-corrected chi connectivity index (χ3v) is 6.35. The minimum atomic E-state index is -3.51. The third kappa shape index (κ3) is 3.16. The van der Waals surface area contributed by atoms with Crippen molar-refractivity contribution < 1.29 is 18.4 Å². The van der Waals surface area contributed by atoms with Gasteiger partial charge in [0.25, 0.3) is 0 Å². The second-order valence-corrected chi connectivity index (χ2v) is 8.03. The van der Waals surface area contributed by atoms with Crippen LogP contribution in [0.1, 0.15) is 24.0 Å². The number of hydrogen-bond acceptors (Lipinski definition) is 4. The highest BCUT2D eigenvalue weighted by atomic mass is 32.2. The van der Waals surface area contributed by atoms with E-state index in [1.54, 1.807) is 0 Å². The van der Waals surface area contributed by atoms with E-state index in [-0.39, 0.29) is 11.7 Å². The summed E-state index contributed by atoms with van der Waals surface area (Å²) in [5, 5.41) is 10.2. The Morgan fingerprint density at radius 1 is 1.32 bits per heavy atom. The predicted molar refractivity (Wildman–Crippen MR) is 80.5 cm³/mol. The molecule has 1 saturated carbocycles. The van der Waals surface area contributed by atoms with Gasteiger partial charge in [0.2, 0.25) is 16.4 Å². The lowest BCUT2D eigenvalue weighted by atomic mass is 10.0. The van der Waals surface area contributed by atoms with Gasteiger partial charge in [-0.05, 0) is 36.3 Å². The summed E-state index contributed by atoms with van der Waals surface area (Å²) in [5.74, 6) is -0.128. The lowest BCUT2D eigenvalue weighted by molar-refractivity contribution is -0.160. The van der Waals surface area contributed by atoms with Gasteiger partial charge < -0.3 is 0 Å². The van der Waals surface area contributed by atoms with E-state index in [0.717, 1.165) is 18.4 Å². The number of hydroxylamine groups is 2. The maximum Gasteiger partial charge on any atom is 0.233 e. The Balaban J connectivity index is 1.74. The number of nitrogens with zero attached hydrogens (tertiary/aromatic N) is 2. The molecular weight excluding hydrogens is 304 g/mol. The van der Waals surface area contributed by atoms with Crippen LogP contribution in [0, 0.1) is 5.92 Å². The molecule has 1 aliphatic heterocycles. The van der Waals surface area contributed by atoms with Crippen LogP contribution in [-0.4, -0.2) is 47.7 Å². The zero-order chi connectivity index (χ0) is 15.7. The van der Waals surface area contributed by atoms with Gasteiger partial charge in [0.1, 0.15) is 0 Å². The van der Waals surface area contributed by atoms with Gasteiger partial charge in [0.05, 0.1) is 11.8 Å². The Labute approximate surface area is 130 Å². The van der Waals surface area contributed by atoms with Gasteiger partial charge >= 0.3 is 0 Å². The summed E-state index contributed by atoms with van der Waals surface area (Å²) in [7, 11) is -3.51. The fourth-order valence-electron chi connectivity index (χ4n) is 3.02. The molecule has 2 aliphatic rings. The van der Waals surface area contributed by atoms with Gasteiger partial charge in [-0.3, -0.25) is 10.0 Å². The minimum Gasteiger partial charge on any atom is -0.286 e. The van der Waals surface area contributed by atoms with Crippen LogP contribution in [0.2, 0.25) is 0 Å². The van der Waals surface area contributed by atoms with Crippen LogP contribution >= 0.6 is 0 Å². The van der Waals surface area contributed by atoms with Gasteiger partial charge in [-0.25, -0.2) is 13.5 Å². The van der Waals surface area contributed by atoms with Crippen LogP contribution in [0.5, 0.6) is 0 Å². The Morgan fingerprint density at radius 3 is 2.64 bits per heavy atom. The van der Waals surface area contributed by atoms with E-state index in [2.05, 4.69) is 0 Å². The normalized spacial score (nSPS) is 20.2. The molecule has 1 aliphatic carbocycles. The summed E-state index contributed by atoms with van der Waals surface area (Å²) in [4.78, 5) is 10.8. The molecule has 1 N–H and O–H groups in total. The third-order valence-electron chi connectivity index (χ3n) is 4.48. The highest BCUT2D eigenvalue weighted by Crippen LogP contribution is 2.36. The zero-order valence-corrected chi connectivity index (χ0v) is 13.1. The number of fused-ring (bicyclic) bond motifs is 1. The molecule has 0 spiro atoms. The molecule has 1 amide bonds.